The quantitative estimate of drug-likeness (QED) is 0.713. The van der Waals surface area contributed by atoms with Gasteiger partial charge in [-0.2, -0.15) is 0 Å². The zero-order chi connectivity index (χ0) is 11.3. The van der Waals surface area contributed by atoms with E-state index < -0.39 is 0 Å². The first-order valence-corrected chi connectivity index (χ1v) is 5.52. The Morgan fingerprint density at radius 1 is 1.33 bits per heavy atom. The van der Waals surface area contributed by atoms with Crippen LogP contribution >= 0.6 is 0 Å². The highest BCUT2D eigenvalue weighted by atomic mass is 16.5. The number of carbonyl (C=O) groups excluding carboxylic acids is 1. The molecule has 0 aliphatic carbocycles. The summed E-state index contributed by atoms with van der Waals surface area (Å²) in [4.78, 5) is 13.8. The van der Waals surface area contributed by atoms with Crippen molar-refractivity contribution in [2.75, 3.05) is 26.3 Å². The van der Waals surface area contributed by atoms with Gasteiger partial charge in [-0.15, -0.1) is 0 Å². The van der Waals surface area contributed by atoms with Crippen LogP contribution in [0.2, 0.25) is 0 Å². The van der Waals surface area contributed by atoms with E-state index in [4.69, 9.17) is 4.74 Å². The number of Topliss-reactive ketones (excluding diaryl/α,β-unsaturated/α-hetero) is 1. The molecule has 0 atom stereocenters. The Labute approximate surface area is 92.1 Å². The molecule has 0 aromatic heterocycles. The highest BCUT2D eigenvalue weighted by Gasteiger charge is 2.19. The minimum atomic E-state index is -0.227. The molecule has 0 saturated carbocycles. The molecular formula is C12H21NO2. The predicted octanol–water partition coefficient (Wildman–Crippen LogP) is 1.84. The van der Waals surface area contributed by atoms with Gasteiger partial charge in [-0.3, -0.25) is 4.79 Å². The molecular weight excluding hydrogens is 190 g/mol. The predicted molar refractivity (Wildman–Crippen MR) is 60.6 cm³/mol. The van der Waals surface area contributed by atoms with Crippen molar-refractivity contribution >= 4 is 5.78 Å². The fourth-order valence-electron chi connectivity index (χ4n) is 1.34. The van der Waals surface area contributed by atoms with Crippen molar-refractivity contribution < 1.29 is 9.53 Å². The Bertz CT molecular complexity index is 234. The molecule has 0 amide bonds. The standard InChI is InChI=1S/C12H21NO2/c1-12(2,3)11(14)5-4-6-13-7-9-15-10-8-13/h4,6H,5,7-10H2,1-3H3/b6-4+. The van der Waals surface area contributed by atoms with Gasteiger partial charge in [-0.05, 0) is 6.20 Å². The monoisotopic (exact) mass is 211 g/mol. The van der Waals surface area contributed by atoms with E-state index in [1.54, 1.807) is 0 Å². The fraction of sp³-hybridized carbons (Fsp3) is 0.750. The van der Waals surface area contributed by atoms with Crippen molar-refractivity contribution in [1.82, 2.24) is 4.90 Å². The van der Waals surface area contributed by atoms with Gasteiger partial charge >= 0.3 is 0 Å². The summed E-state index contributed by atoms with van der Waals surface area (Å²) in [7, 11) is 0. The van der Waals surface area contributed by atoms with E-state index >= 15 is 0 Å². The third-order valence-corrected chi connectivity index (χ3v) is 2.50. The molecule has 0 aromatic carbocycles. The maximum Gasteiger partial charge on any atom is 0.142 e. The van der Waals surface area contributed by atoms with E-state index in [2.05, 4.69) is 4.90 Å². The molecule has 1 aliphatic heterocycles. The molecule has 1 aliphatic rings. The molecule has 15 heavy (non-hydrogen) atoms. The second-order valence-electron chi connectivity index (χ2n) is 4.91. The largest absolute Gasteiger partial charge is 0.378 e. The van der Waals surface area contributed by atoms with Gasteiger partial charge in [-0.1, -0.05) is 26.8 Å². The summed E-state index contributed by atoms with van der Waals surface area (Å²) in [5.41, 5.74) is -0.227. The second-order valence-corrected chi connectivity index (χ2v) is 4.91. The van der Waals surface area contributed by atoms with Crippen LogP contribution in [0, 0.1) is 5.41 Å². The van der Waals surface area contributed by atoms with Crippen molar-refractivity contribution in [3.05, 3.63) is 12.3 Å². The Morgan fingerprint density at radius 3 is 2.47 bits per heavy atom. The first kappa shape index (κ1) is 12.2. The van der Waals surface area contributed by atoms with Crippen LogP contribution in [0.1, 0.15) is 27.2 Å². The van der Waals surface area contributed by atoms with Crippen molar-refractivity contribution in [3.63, 3.8) is 0 Å². The van der Waals surface area contributed by atoms with E-state index in [-0.39, 0.29) is 11.2 Å². The van der Waals surface area contributed by atoms with Gasteiger partial charge in [0.1, 0.15) is 5.78 Å². The molecule has 0 spiro atoms. The lowest BCUT2D eigenvalue weighted by Gasteiger charge is -2.25. The number of ketones is 1. The summed E-state index contributed by atoms with van der Waals surface area (Å²) in [5.74, 6) is 0.284. The van der Waals surface area contributed by atoms with E-state index in [0.717, 1.165) is 26.3 Å². The van der Waals surface area contributed by atoms with Gasteiger partial charge in [-0.25, -0.2) is 0 Å². The smallest absolute Gasteiger partial charge is 0.142 e. The molecule has 3 nitrogen and oxygen atoms in total. The number of ether oxygens (including phenoxy) is 1. The molecule has 86 valence electrons. The molecule has 0 unspecified atom stereocenters. The first-order chi connectivity index (χ1) is 7.00. The van der Waals surface area contributed by atoms with Crippen LogP contribution in [-0.2, 0) is 9.53 Å². The van der Waals surface area contributed by atoms with Crippen molar-refractivity contribution in [2.45, 2.75) is 27.2 Å². The number of carbonyl (C=O) groups is 1. The first-order valence-electron chi connectivity index (χ1n) is 5.52. The zero-order valence-corrected chi connectivity index (χ0v) is 9.95. The summed E-state index contributed by atoms with van der Waals surface area (Å²) in [6, 6.07) is 0. The number of rotatable bonds is 3. The Hall–Kier alpha value is -0.830. The van der Waals surface area contributed by atoms with Crippen LogP contribution < -0.4 is 0 Å². The number of allylic oxidation sites excluding steroid dienone is 1. The molecule has 1 rings (SSSR count). The summed E-state index contributed by atoms with van der Waals surface area (Å²) in [6.45, 7) is 9.31. The topological polar surface area (TPSA) is 29.5 Å². The van der Waals surface area contributed by atoms with E-state index in [0.29, 0.717) is 6.42 Å². The number of hydrogen-bond acceptors (Lipinski definition) is 3. The highest BCUT2D eigenvalue weighted by molar-refractivity contribution is 5.84. The van der Waals surface area contributed by atoms with Crippen LogP contribution in [0.5, 0.6) is 0 Å². The van der Waals surface area contributed by atoms with Gasteiger partial charge < -0.3 is 9.64 Å². The van der Waals surface area contributed by atoms with Crippen molar-refractivity contribution in [2.24, 2.45) is 5.41 Å². The highest BCUT2D eigenvalue weighted by Crippen LogP contribution is 2.16. The second kappa shape index (κ2) is 5.31. The SMILES string of the molecule is CC(C)(C)C(=O)C/C=C/N1CCOCC1. The normalized spacial score (nSPS) is 18.5. The average Bonchev–Trinajstić information content (AvgIpc) is 2.18. The van der Waals surface area contributed by atoms with E-state index in [9.17, 15) is 4.79 Å². The Morgan fingerprint density at radius 2 is 1.93 bits per heavy atom. The zero-order valence-electron chi connectivity index (χ0n) is 9.95. The van der Waals surface area contributed by atoms with Gasteiger partial charge in [0.15, 0.2) is 0 Å². The van der Waals surface area contributed by atoms with Crippen LogP contribution in [0.25, 0.3) is 0 Å². The third kappa shape index (κ3) is 4.47. The van der Waals surface area contributed by atoms with Crippen LogP contribution in [0.4, 0.5) is 0 Å². The van der Waals surface area contributed by atoms with E-state index in [1.165, 1.54) is 0 Å². The number of hydrogen-bond donors (Lipinski definition) is 0. The van der Waals surface area contributed by atoms with Crippen molar-refractivity contribution in [1.29, 1.82) is 0 Å². The lowest BCUT2D eigenvalue weighted by atomic mass is 9.89. The van der Waals surface area contributed by atoms with Crippen molar-refractivity contribution in [3.8, 4) is 0 Å². The van der Waals surface area contributed by atoms with Crippen LogP contribution in [-0.4, -0.2) is 37.0 Å². The van der Waals surface area contributed by atoms with Gasteiger partial charge in [0.05, 0.1) is 13.2 Å². The average molecular weight is 211 g/mol. The molecule has 0 N–H and O–H groups in total. The van der Waals surface area contributed by atoms with Gasteiger partial charge in [0, 0.05) is 24.9 Å². The molecule has 1 fully saturated rings. The maximum absolute atomic E-state index is 11.6. The Balaban J connectivity index is 2.29. The molecule has 1 saturated heterocycles. The lowest BCUT2D eigenvalue weighted by molar-refractivity contribution is -0.125. The number of morpholine rings is 1. The molecule has 0 aromatic rings. The molecule has 1 heterocycles. The minimum Gasteiger partial charge on any atom is -0.378 e. The fourth-order valence-corrected chi connectivity index (χ4v) is 1.34. The van der Waals surface area contributed by atoms with Crippen LogP contribution in [0.3, 0.4) is 0 Å². The number of nitrogens with zero attached hydrogens (tertiary/aromatic N) is 1. The Kier molecular flexibility index (Phi) is 4.33. The third-order valence-electron chi connectivity index (χ3n) is 2.50. The molecule has 3 heteroatoms. The molecule has 0 radical (unpaired) electrons. The van der Waals surface area contributed by atoms with E-state index in [1.807, 2.05) is 33.0 Å². The molecule has 0 bridgehead atoms. The van der Waals surface area contributed by atoms with Gasteiger partial charge in [0.25, 0.3) is 0 Å². The van der Waals surface area contributed by atoms with Crippen LogP contribution in [0.15, 0.2) is 12.3 Å². The summed E-state index contributed by atoms with van der Waals surface area (Å²) < 4.78 is 5.24. The maximum atomic E-state index is 11.6. The summed E-state index contributed by atoms with van der Waals surface area (Å²) >= 11 is 0. The minimum absolute atomic E-state index is 0.227. The summed E-state index contributed by atoms with van der Waals surface area (Å²) in [6.07, 6.45) is 4.51. The summed E-state index contributed by atoms with van der Waals surface area (Å²) in [5, 5.41) is 0. The lowest BCUT2D eigenvalue weighted by Crippen LogP contribution is -2.32. The van der Waals surface area contributed by atoms with Gasteiger partial charge in [0.2, 0.25) is 0 Å².